The Kier molecular flexibility index (Phi) is 7.57. The average molecular weight is 736 g/mol. The summed E-state index contributed by atoms with van der Waals surface area (Å²) in [5.74, 6) is 2.54. The van der Waals surface area contributed by atoms with Crippen LogP contribution in [0.2, 0.25) is 0 Å². The molecule has 0 atom stereocenters. The molecular formula is C49H29N5OS. The second-order valence-corrected chi connectivity index (χ2v) is 14.7. The van der Waals surface area contributed by atoms with Gasteiger partial charge in [0.1, 0.15) is 16.8 Å². The lowest BCUT2D eigenvalue weighted by Crippen LogP contribution is -2.00. The van der Waals surface area contributed by atoms with Gasteiger partial charge in [0.25, 0.3) is 0 Å². The van der Waals surface area contributed by atoms with Crippen molar-refractivity contribution in [1.29, 1.82) is 0 Å². The van der Waals surface area contributed by atoms with E-state index in [9.17, 15) is 0 Å². The Morgan fingerprint density at radius 3 is 1.68 bits per heavy atom. The summed E-state index contributed by atoms with van der Waals surface area (Å²) in [5.41, 5.74) is 10.1. The molecule has 56 heavy (non-hydrogen) atoms. The second-order valence-electron chi connectivity index (χ2n) is 13.6. The summed E-state index contributed by atoms with van der Waals surface area (Å²) >= 11 is 1.73. The first-order valence-corrected chi connectivity index (χ1v) is 19.2. The molecular weight excluding hydrogens is 707 g/mol. The van der Waals surface area contributed by atoms with Gasteiger partial charge < -0.3 is 4.42 Å². The summed E-state index contributed by atoms with van der Waals surface area (Å²) in [6, 6.07) is 60.0. The highest BCUT2D eigenvalue weighted by Gasteiger charge is 2.20. The first-order chi connectivity index (χ1) is 27.7. The van der Waals surface area contributed by atoms with Crippen molar-refractivity contribution >= 4 is 53.6 Å². The molecule has 0 aliphatic heterocycles. The van der Waals surface area contributed by atoms with Crippen molar-refractivity contribution in [3.63, 3.8) is 0 Å². The van der Waals surface area contributed by atoms with Gasteiger partial charge in [-0.05, 0) is 35.4 Å². The maximum Gasteiger partial charge on any atom is 0.180 e. The zero-order valence-electron chi connectivity index (χ0n) is 29.8. The lowest BCUT2D eigenvalue weighted by atomic mass is 10.0. The van der Waals surface area contributed by atoms with E-state index >= 15 is 0 Å². The molecule has 0 amide bonds. The Morgan fingerprint density at radius 2 is 0.929 bits per heavy atom. The molecule has 262 valence electrons. The van der Waals surface area contributed by atoms with E-state index in [0.717, 1.165) is 75.7 Å². The van der Waals surface area contributed by atoms with Gasteiger partial charge in [-0.25, -0.2) is 24.9 Å². The molecule has 0 saturated carbocycles. The standard InChI is InChI=1S/C49H29N5OS/c1-4-13-30(14-5-1)31-23-25-34(26-24-31)47-52-46(33-17-8-3-9-18-33)53-49(54-47)39-21-12-20-37-36-28-27-35(29-41(36)56-45(37)39)48-50-42(32-15-6-2-7-16-32)44-43(51-48)38-19-10-11-22-40(38)55-44/h1-29H. The Morgan fingerprint density at radius 1 is 0.375 bits per heavy atom. The summed E-state index contributed by atoms with van der Waals surface area (Å²) in [5, 5.41) is 3.27. The van der Waals surface area contributed by atoms with Crippen LogP contribution in [0.25, 0.3) is 110 Å². The largest absolute Gasteiger partial charge is 0.452 e. The van der Waals surface area contributed by atoms with Crippen LogP contribution in [0.5, 0.6) is 0 Å². The van der Waals surface area contributed by atoms with Crippen molar-refractivity contribution in [3.05, 3.63) is 176 Å². The maximum atomic E-state index is 6.35. The number of nitrogens with zero attached hydrogens (tertiary/aromatic N) is 5. The molecule has 11 aromatic rings. The summed E-state index contributed by atoms with van der Waals surface area (Å²) in [6.45, 7) is 0. The molecule has 0 aliphatic rings. The third kappa shape index (κ3) is 5.52. The molecule has 4 heterocycles. The van der Waals surface area contributed by atoms with Crippen LogP contribution in [0.15, 0.2) is 180 Å². The van der Waals surface area contributed by atoms with Crippen molar-refractivity contribution in [2.75, 3.05) is 0 Å². The van der Waals surface area contributed by atoms with E-state index in [1.54, 1.807) is 11.3 Å². The molecule has 0 radical (unpaired) electrons. The maximum absolute atomic E-state index is 6.35. The Hall–Kier alpha value is -7.35. The number of thiophene rings is 1. The molecule has 0 aliphatic carbocycles. The summed E-state index contributed by atoms with van der Waals surface area (Å²) in [6.07, 6.45) is 0. The van der Waals surface area contributed by atoms with Gasteiger partial charge in [0, 0.05) is 53.4 Å². The molecule has 7 aromatic carbocycles. The lowest BCUT2D eigenvalue weighted by molar-refractivity contribution is 0.667. The Balaban J connectivity index is 1.05. The van der Waals surface area contributed by atoms with Gasteiger partial charge in [0.05, 0.1) is 0 Å². The SMILES string of the molecule is c1ccc(-c2ccc(-c3nc(-c4ccccc4)nc(-c4cccc5c4sc4cc(-c6nc(-c7ccccc7)c7oc8ccccc8c7n6)ccc45)n3)cc2)cc1. The van der Waals surface area contributed by atoms with Gasteiger partial charge in [-0.15, -0.1) is 11.3 Å². The van der Waals surface area contributed by atoms with Gasteiger partial charge in [-0.1, -0.05) is 152 Å². The topological polar surface area (TPSA) is 77.6 Å². The number of benzene rings is 7. The van der Waals surface area contributed by atoms with E-state index < -0.39 is 0 Å². The van der Waals surface area contributed by atoms with Crippen molar-refractivity contribution in [2.24, 2.45) is 0 Å². The quantitative estimate of drug-likeness (QED) is 0.169. The number of rotatable bonds is 6. The average Bonchev–Trinajstić information content (AvgIpc) is 3.85. The zero-order valence-corrected chi connectivity index (χ0v) is 30.6. The smallest absolute Gasteiger partial charge is 0.180 e. The van der Waals surface area contributed by atoms with E-state index in [2.05, 4.69) is 103 Å². The lowest BCUT2D eigenvalue weighted by Gasteiger charge is -2.10. The summed E-state index contributed by atoms with van der Waals surface area (Å²) < 4.78 is 8.59. The number of furan rings is 1. The minimum atomic E-state index is 0.627. The molecule has 0 saturated heterocycles. The van der Waals surface area contributed by atoms with Crippen LogP contribution in [-0.4, -0.2) is 24.9 Å². The van der Waals surface area contributed by atoms with Gasteiger partial charge in [0.2, 0.25) is 0 Å². The first kappa shape index (κ1) is 32.1. The van der Waals surface area contributed by atoms with E-state index in [4.69, 9.17) is 29.3 Å². The highest BCUT2D eigenvalue weighted by molar-refractivity contribution is 7.26. The van der Waals surface area contributed by atoms with Crippen molar-refractivity contribution in [2.45, 2.75) is 0 Å². The fraction of sp³-hybridized carbons (Fsp3) is 0. The van der Waals surface area contributed by atoms with Crippen molar-refractivity contribution in [3.8, 4) is 67.9 Å². The van der Waals surface area contributed by atoms with E-state index in [-0.39, 0.29) is 0 Å². The van der Waals surface area contributed by atoms with Crippen LogP contribution in [0, 0.1) is 0 Å². The first-order valence-electron chi connectivity index (χ1n) is 18.4. The number of fused-ring (bicyclic) bond motifs is 6. The molecule has 11 rings (SSSR count). The highest BCUT2D eigenvalue weighted by Crippen LogP contribution is 2.42. The molecule has 0 bridgehead atoms. The van der Waals surface area contributed by atoms with Crippen LogP contribution >= 0.6 is 11.3 Å². The molecule has 0 spiro atoms. The number of aromatic nitrogens is 5. The van der Waals surface area contributed by atoms with E-state index in [1.807, 2.05) is 72.8 Å². The van der Waals surface area contributed by atoms with E-state index in [1.165, 1.54) is 5.56 Å². The molecule has 6 nitrogen and oxygen atoms in total. The monoisotopic (exact) mass is 735 g/mol. The predicted octanol–water partition coefficient (Wildman–Crippen LogP) is 12.9. The molecule has 0 unspecified atom stereocenters. The van der Waals surface area contributed by atoms with Gasteiger partial charge in [0.15, 0.2) is 28.9 Å². The third-order valence-electron chi connectivity index (χ3n) is 10.2. The highest BCUT2D eigenvalue weighted by atomic mass is 32.1. The zero-order chi connectivity index (χ0) is 37.0. The second kappa shape index (κ2) is 13.2. The van der Waals surface area contributed by atoms with E-state index in [0.29, 0.717) is 28.9 Å². The normalized spacial score (nSPS) is 11.6. The fourth-order valence-corrected chi connectivity index (χ4v) is 8.66. The van der Waals surface area contributed by atoms with Crippen molar-refractivity contribution < 1.29 is 4.42 Å². The van der Waals surface area contributed by atoms with Crippen LogP contribution in [0.3, 0.4) is 0 Å². The van der Waals surface area contributed by atoms with Gasteiger partial charge >= 0.3 is 0 Å². The minimum Gasteiger partial charge on any atom is -0.452 e. The Labute approximate surface area is 325 Å². The van der Waals surface area contributed by atoms with Crippen molar-refractivity contribution in [1.82, 2.24) is 24.9 Å². The van der Waals surface area contributed by atoms with Crippen LogP contribution in [0.4, 0.5) is 0 Å². The number of hydrogen-bond donors (Lipinski definition) is 0. The van der Waals surface area contributed by atoms with Crippen LogP contribution in [0.1, 0.15) is 0 Å². The van der Waals surface area contributed by atoms with Gasteiger partial charge in [-0.2, -0.15) is 0 Å². The third-order valence-corrected chi connectivity index (χ3v) is 11.4. The molecule has 0 N–H and O–H groups in total. The molecule has 7 heteroatoms. The number of hydrogen-bond acceptors (Lipinski definition) is 7. The predicted molar refractivity (Wildman–Crippen MR) is 228 cm³/mol. The molecule has 4 aromatic heterocycles. The van der Waals surface area contributed by atoms with Gasteiger partial charge in [-0.3, -0.25) is 0 Å². The van der Waals surface area contributed by atoms with Crippen LogP contribution < -0.4 is 0 Å². The van der Waals surface area contributed by atoms with Crippen LogP contribution in [-0.2, 0) is 0 Å². The summed E-state index contributed by atoms with van der Waals surface area (Å²) in [7, 11) is 0. The Bertz CT molecular complexity index is 3230. The molecule has 0 fully saturated rings. The fourth-order valence-electron chi connectivity index (χ4n) is 7.41. The minimum absolute atomic E-state index is 0.627. The summed E-state index contributed by atoms with van der Waals surface area (Å²) in [4.78, 5) is 25.5. The number of para-hydroxylation sites is 1.